The molecule has 2 aromatic carbocycles. The Morgan fingerprint density at radius 2 is 1.69 bits per heavy atom. The summed E-state index contributed by atoms with van der Waals surface area (Å²) < 4.78 is 26.6. The van der Waals surface area contributed by atoms with Crippen molar-refractivity contribution in [1.82, 2.24) is 4.37 Å². The van der Waals surface area contributed by atoms with Crippen molar-refractivity contribution in [3.05, 3.63) is 35.7 Å². The molecule has 1 aromatic heterocycles. The molecule has 0 aliphatic rings. The molecule has 0 bridgehead atoms. The second kappa shape index (κ2) is 12.4. The van der Waals surface area contributed by atoms with Crippen molar-refractivity contribution < 1.29 is 29.5 Å². The van der Waals surface area contributed by atoms with E-state index in [1.165, 1.54) is 11.5 Å². The number of benzene rings is 2. The molecule has 35 heavy (non-hydrogen) atoms. The summed E-state index contributed by atoms with van der Waals surface area (Å²) in [7, 11) is 6.29. The first-order chi connectivity index (χ1) is 17.0. The zero-order valence-electron chi connectivity index (χ0n) is 20.6. The SMILES string of the molecule is COc1ccc(-c2csnc2-c2cc(OC)c(OC)c(OC)c2)cc1NC(=O)[C@@H]([NH3+])CCCCN. The van der Waals surface area contributed by atoms with Gasteiger partial charge in [-0.2, -0.15) is 4.37 Å². The smallest absolute Gasteiger partial charge is 0.282 e. The highest BCUT2D eigenvalue weighted by Gasteiger charge is 2.21. The standard InChI is InChI=1S/C25H32N4O5S/c1-31-20-9-8-15(11-19(20)28-25(30)18(27)7-5-6-10-26)17-14-35-29-23(17)16-12-21(32-2)24(34-4)22(13-16)33-3/h8-9,11-14,18H,5-7,10,26-27H2,1-4H3,(H,28,30)/p+1/t18-/m0/s1. The molecule has 1 atom stereocenters. The van der Waals surface area contributed by atoms with Crippen LogP contribution in [0.2, 0.25) is 0 Å². The number of rotatable bonds is 12. The minimum absolute atomic E-state index is 0.161. The normalized spacial score (nSPS) is 11.6. The predicted molar refractivity (Wildman–Crippen MR) is 137 cm³/mol. The van der Waals surface area contributed by atoms with Crippen LogP contribution in [-0.4, -0.2) is 51.3 Å². The predicted octanol–water partition coefficient (Wildman–Crippen LogP) is 3.19. The zero-order valence-corrected chi connectivity index (χ0v) is 21.4. The van der Waals surface area contributed by atoms with E-state index >= 15 is 0 Å². The van der Waals surface area contributed by atoms with Gasteiger partial charge >= 0.3 is 0 Å². The number of amides is 1. The lowest BCUT2D eigenvalue weighted by Crippen LogP contribution is -2.66. The average molecular weight is 502 g/mol. The van der Waals surface area contributed by atoms with Crippen molar-refractivity contribution in [3.8, 4) is 45.4 Å². The van der Waals surface area contributed by atoms with Gasteiger partial charge in [-0.15, -0.1) is 0 Å². The summed E-state index contributed by atoms with van der Waals surface area (Å²) in [4.78, 5) is 12.8. The van der Waals surface area contributed by atoms with E-state index in [0.29, 0.717) is 41.7 Å². The maximum Gasteiger partial charge on any atom is 0.282 e. The van der Waals surface area contributed by atoms with Crippen LogP contribution in [0.5, 0.6) is 23.0 Å². The summed E-state index contributed by atoms with van der Waals surface area (Å²) in [5.41, 5.74) is 13.5. The Kier molecular flexibility index (Phi) is 9.30. The van der Waals surface area contributed by atoms with E-state index in [9.17, 15) is 4.79 Å². The van der Waals surface area contributed by atoms with Crippen LogP contribution in [0.4, 0.5) is 5.69 Å². The molecule has 0 aliphatic heterocycles. The highest BCUT2D eigenvalue weighted by Crippen LogP contribution is 2.44. The molecule has 0 fully saturated rings. The number of quaternary nitrogens is 1. The lowest BCUT2D eigenvalue weighted by molar-refractivity contribution is -0.404. The number of carbonyl (C=O) groups excluding carboxylic acids is 1. The fourth-order valence-corrected chi connectivity index (χ4v) is 4.46. The van der Waals surface area contributed by atoms with Gasteiger partial charge in [-0.25, -0.2) is 0 Å². The average Bonchev–Trinajstić information content (AvgIpc) is 3.37. The summed E-state index contributed by atoms with van der Waals surface area (Å²) >= 11 is 1.34. The van der Waals surface area contributed by atoms with Crippen LogP contribution in [0.15, 0.2) is 35.7 Å². The number of anilines is 1. The molecule has 188 valence electrons. The van der Waals surface area contributed by atoms with Gasteiger partial charge in [0.15, 0.2) is 17.5 Å². The molecule has 0 spiro atoms. The summed E-state index contributed by atoms with van der Waals surface area (Å²) in [6, 6.07) is 8.99. The van der Waals surface area contributed by atoms with Gasteiger partial charge in [-0.3, -0.25) is 4.79 Å². The molecule has 1 heterocycles. The van der Waals surface area contributed by atoms with E-state index in [2.05, 4.69) is 15.4 Å². The number of hydrogen-bond acceptors (Lipinski definition) is 8. The number of carbonyl (C=O) groups is 1. The maximum absolute atomic E-state index is 12.8. The van der Waals surface area contributed by atoms with Crippen molar-refractivity contribution in [1.29, 1.82) is 0 Å². The van der Waals surface area contributed by atoms with E-state index in [4.69, 9.17) is 24.7 Å². The van der Waals surface area contributed by atoms with Crippen molar-refractivity contribution in [2.75, 3.05) is 40.3 Å². The van der Waals surface area contributed by atoms with Gasteiger partial charge in [0.25, 0.3) is 5.91 Å². The molecule has 3 rings (SSSR count). The first-order valence-electron chi connectivity index (χ1n) is 11.2. The quantitative estimate of drug-likeness (QED) is 0.325. The third-order valence-electron chi connectivity index (χ3n) is 5.65. The van der Waals surface area contributed by atoms with E-state index in [1.54, 1.807) is 28.4 Å². The summed E-state index contributed by atoms with van der Waals surface area (Å²) in [5, 5.41) is 4.93. The third-order valence-corrected chi connectivity index (χ3v) is 6.28. The molecule has 1 amide bonds. The molecular formula is C25H33N4O5S+. The Balaban J connectivity index is 1.96. The molecule has 0 unspecified atom stereocenters. The van der Waals surface area contributed by atoms with E-state index in [0.717, 1.165) is 35.2 Å². The van der Waals surface area contributed by atoms with E-state index in [-0.39, 0.29) is 11.9 Å². The first-order valence-corrected chi connectivity index (χ1v) is 12.1. The zero-order chi connectivity index (χ0) is 25.4. The van der Waals surface area contributed by atoms with Gasteiger partial charge in [-0.05, 0) is 60.7 Å². The second-order valence-electron chi connectivity index (χ2n) is 7.88. The van der Waals surface area contributed by atoms with Crippen LogP contribution < -0.4 is 35.7 Å². The van der Waals surface area contributed by atoms with Crippen molar-refractivity contribution in [2.45, 2.75) is 25.3 Å². The second-order valence-corrected chi connectivity index (χ2v) is 8.51. The summed E-state index contributed by atoms with van der Waals surface area (Å²) in [6.07, 6.45) is 2.39. The van der Waals surface area contributed by atoms with Gasteiger partial charge in [0, 0.05) is 22.9 Å². The number of nitrogens with zero attached hydrogens (tertiary/aromatic N) is 1. The highest BCUT2D eigenvalue weighted by atomic mass is 32.1. The van der Waals surface area contributed by atoms with Gasteiger partial charge in [0.05, 0.1) is 39.8 Å². The lowest BCUT2D eigenvalue weighted by Gasteiger charge is -2.15. The number of aromatic nitrogens is 1. The van der Waals surface area contributed by atoms with Crippen LogP contribution in [0.25, 0.3) is 22.4 Å². The fourth-order valence-electron chi connectivity index (χ4n) is 3.74. The van der Waals surface area contributed by atoms with Crippen LogP contribution >= 0.6 is 11.5 Å². The van der Waals surface area contributed by atoms with Crippen LogP contribution in [0.3, 0.4) is 0 Å². The Morgan fingerprint density at radius 1 is 1.00 bits per heavy atom. The Morgan fingerprint density at radius 3 is 2.29 bits per heavy atom. The molecule has 10 heteroatoms. The van der Waals surface area contributed by atoms with E-state index in [1.807, 2.05) is 35.7 Å². The highest BCUT2D eigenvalue weighted by molar-refractivity contribution is 7.04. The fraction of sp³-hybridized carbons (Fsp3) is 0.360. The Bertz CT molecular complexity index is 1130. The molecule has 0 saturated heterocycles. The molecule has 6 N–H and O–H groups in total. The topological polar surface area (TPSA) is 133 Å². The van der Waals surface area contributed by atoms with Crippen LogP contribution in [-0.2, 0) is 4.79 Å². The maximum atomic E-state index is 12.8. The Labute approximate surface area is 209 Å². The van der Waals surface area contributed by atoms with Gasteiger partial charge in [0.1, 0.15) is 5.75 Å². The largest absolute Gasteiger partial charge is 0.495 e. The number of nitrogens with two attached hydrogens (primary N) is 1. The Hall–Kier alpha value is -3.34. The molecule has 0 saturated carbocycles. The molecule has 0 radical (unpaired) electrons. The molecule has 0 aliphatic carbocycles. The number of ether oxygens (including phenoxy) is 4. The van der Waals surface area contributed by atoms with Gasteiger partial charge < -0.3 is 35.7 Å². The van der Waals surface area contributed by atoms with Crippen molar-refractivity contribution in [2.24, 2.45) is 5.73 Å². The lowest BCUT2D eigenvalue weighted by atomic mass is 10.0. The molecule has 9 nitrogen and oxygen atoms in total. The van der Waals surface area contributed by atoms with Crippen molar-refractivity contribution >= 4 is 23.1 Å². The number of hydrogen-bond donors (Lipinski definition) is 3. The molecule has 3 aromatic rings. The van der Waals surface area contributed by atoms with Crippen LogP contribution in [0, 0.1) is 0 Å². The monoisotopic (exact) mass is 501 g/mol. The van der Waals surface area contributed by atoms with E-state index < -0.39 is 0 Å². The minimum Gasteiger partial charge on any atom is -0.495 e. The van der Waals surface area contributed by atoms with Gasteiger partial charge in [-0.1, -0.05) is 6.07 Å². The first kappa shape index (κ1) is 26.3. The summed E-state index contributed by atoms with van der Waals surface area (Å²) in [6.45, 7) is 0.604. The number of nitrogens with one attached hydrogen (secondary N) is 1. The number of unbranched alkanes of at least 4 members (excludes halogenated alkanes) is 1. The van der Waals surface area contributed by atoms with Crippen LogP contribution in [0.1, 0.15) is 19.3 Å². The van der Waals surface area contributed by atoms with Gasteiger partial charge in [0.2, 0.25) is 5.75 Å². The third kappa shape index (κ3) is 6.02. The minimum atomic E-state index is -0.382. The van der Waals surface area contributed by atoms with Crippen molar-refractivity contribution in [3.63, 3.8) is 0 Å². The summed E-state index contributed by atoms with van der Waals surface area (Å²) in [5.74, 6) is 2.00. The number of methoxy groups -OCH3 is 4. The molecular weight excluding hydrogens is 468 g/mol.